The molecule has 1 aromatic rings. The molecule has 1 amide bonds. The molecule has 1 aromatic carbocycles. The smallest absolute Gasteiger partial charge is 0.253 e. The summed E-state index contributed by atoms with van der Waals surface area (Å²) in [5.74, 6) is 0.0274. The molecule has 0 saturated heterocycles. The number of nitrogens with one attached hydrogen (secondary N) is 2. The average molecular weight is 204 g/mol. The Kier molecular flexibility index (Phi) is 3.02. The molecule has 0 bridgehead atoms. The molecule has 3 nitrogen and oxygen atoms in total. The standard InChI is InChI=1S/C12H16N2O/c1-2-3-8-13-11-9-6-4-5-7-10(9)12(15)14-11/h4-7,11,13H,2-3,8H2,1H3,(H,14,15). The molecule has 0 spiro atoms. The van der Waals surface area contributed by atoms with Gasteiger partial charge in [0.1, 0.15) is 6.17 Å². The minimum absolute atomic E-state index is 0.000231. The summed E-state index contributed by atoms with van der Waals surface area (Å²) < 4.78 is 0. The van der Waals surface area contributed by atoms with Gasteiger partial charge in [-0.05, 0) is 19.0 Å². The second kappa shape index (κ2) is 4.45. The summed E-state index contributed by atoms with van der Waals surface area (Å²) in [5, 5.41) is 6.27. The van der Waals surface area contributed by atoms with Gasteiger partial charge in [0.2, 0.25) is 0 Å². The van der Waals surface area contributed by atoms with E-state index >= 15 is 0 Å². The molecule has 80 valence electrons. The van der Waals surface area contributed by atoms with Crippen LogP contribution in [0, 0.1) is 0 Å². The second-order valence-corrected chi connectivity index (χ2v) is 3.80. The van der Waals surface area contributed by atoms with E-state index in [9.17, 15) is 4.79 Å². The van der Waals surface area contributed by atoms with Crippen molar-refractivity contribution in [3.05, 3.63) is 35.4 Å². The van der Waals surface area contributed by atoms with E-state index in [-0.39, 0.29) is 12.1 Å². The summed E-state index contributed by atoms with van der Waals surface area (Å²) in [6, 6.07) is 7.73. The van der Waals surface area contributed by atoms with Gasteiger partial charge < -0.3 is 5.32 Å². The van der Waals surface area contributed by atoms with Crippen LogP contribution >= 0.6 is 0 Å². The minimum atomic E-state index is 0.000231. The summed E-state index contributed by atoms with van der Waals surface area (Å²) >= 11 is 0. The number of rotatable bonds is 4. The highest BCUT2D eigenvalue weighted by Crippen LogP contribution is 2.22. The van der Waals surface area contributed by atoms with Gasteiger partial charge in [-0.1, -0.05) is 31.5 Å². The number of hydrogen-bond acceptors (Lipinski definition) is 2. The first-order valence-corrected chi connectivity index (χ1v) is 5.46. The van der Waals surface area contributed by atoms with E-state index in [0.717, 1.165) is 30.5 Å². The van der Waals surface area contributed by atoms with E-state index in [1.54, 1.807) is 0 Å². The lowest BCUT2D eigenvalue weighted by Crippen LogP contribution is -2.32. The normalized spacial score (nSPS) is 18.7. The minimum Gasteiger partial charge on any atom is -0.333 e. The molecule has 0 aromatic heterocycles. The average Bonchev–Trinajstić information content (AvgIpc) is 2.58. The van der Waals surface area contributed by atoms with Gasteiger partial charge in [-0.2, -0.15) is 0 Å². The monoisotopic (exact) mass is 204 g/mol. The second-order valence-electron chi connectivity index (χ2n) is 3.80. The number of unbranched alkanes of at least 4 members (excludes halogenated alkanes) is 1. The summed E-state index contributed by atoms with van der Waals surface area (Å²) in [6.07, 6.45) is 2.30. The van der Waals surface area contributed by atoms with Gasteiger partial charge in [-0.25, -0.2) is 0 Å². The van der Waals surface area contributed by atoms with Gasteiger partial charge in [0.05, 0.1) is 0 Å². The van der Waals surface area contributed by atoms with E-state index in [4.69, 9.17) is 0 Å². The number of carbonyl (C=O) groups is 1. The SMILES string of the molecule is CCCCNC1NC(=O)c2ccccc21. The van der Waals surface area contributed by atoms with E-state index in [1.807, 2.05) is 24.3 Å². The molecule has 0 fully saturated rings. The molecule has 2 rings (SSSR count). The predicted octanol–water partition coefficient (Wildman–Crippen LogP) is 1.82. The molecule has 0 aliphatic carbocycles. The van der Waals surface area contributed by atoms with Gasteiger partial charge in [-0.3, -0.25) is 10.1 Å². The maximum atomic E-state index is 11.6. The van der Waals surface area contributed by atoms with Crippen LogP contribution in [-0.2, 0) is 0 Å². The number of carbonyl (C=O) groups excluding carboxylic acids is 1. The summed E-state index contributed by atoms with van der Waals surface area (Å²) in [5.41, 5.74) is 1.87. The van der Waals surface area contributed by atoms with Crippen LogP contribution in [0.5, 0.6) is 0 Å². The number of hydrogen-bond donors (Lipinski definition) is 2. The third kappa shape index (κ3) is 2.02. The van der Waals surface area contributed by atoms with Gasteiger partial charge in [0, 0.05) is 11.1 Å². The Balaban J connectivity index is 2.08. The molecular formula is C12H16N2O. The molecule has 3 heteroatoms. The fraction of sp³-hybridized carbons (Fsp3) is 0.417. The first kappa shape index (κ1) is 10.2. The van der Waals surface area contributed by atoms with Crippen molar-refractivity contribution in [3.63, 3.8) is 0 Å². The molecule has 0 saturated carbocycles. The van der Waals surface area contributed by atoms with E-state index in [1.165, 1.54) is 0 Å². The Morgan fingerprint density at radius 3 is 3.00 bits per heavy atom. The van der Waals surface area contributed by atoms with Crippen molar-refractivity contribution < 1.29 is 4.79 Å². The van der Waals surface area contributed by atoms with Crippen molar-refractivity contribution >= 4 is 5.91 Å². The largest absolute Gasteiger partial charge is 0.333 e. The van der Waals surface area contributed by atoms with Gasteiger partial charge in [0.25, 0.3) is 5.91 Å². The molecule has 1 heterocycles. The van der Waals surface area contributed by atoms with Crippen LogP contribution in [0.25, 0.3) is 0 Å². The molecular weight excluding hydrogens is 188 g/mol. The third-order valence-corrected chi connectivity index (χ3v) is 2.67. The van der Waals surface area contributed by atoms with Crippen molar-refractivity contribution in [3.8, 4) is 0 Å². The number of benzene rings is 1. The zero-order valence-electron chi connectivity index (χ0n) is 8.92. The van der Waals surface area contributed by atoms with Crippen molar-refractivity contribution in [2.45, 2.75) is 25.9 Å². The van der Waals surface area contributed by atoms with E-state index in [0.29, 0.717) is 0 Å². The lowest BCUT2D eigenvalue weighted by atomic mass is 10.1. The van der Waals surface area contributed by atoms with Crippen LogP contribution in [0.2, 0.25) is 0 Å². The lowest BCUT2D eigenvalue weighted by molar-refractivity contribution is 0.0951. The zero-order valence-corrected chi connectivity index (χ0v) is 8.92. The highest BCUT2D eigenvalue weighted by atomic mass is 16.2. The predicted molar refractivity (Wildman–Crippen MR) is 59.6 cm³/mol. The fourth-order valence-corrected chi connectivity index (χ4v) is 1.83. The summed E-state index contributed by atoms with van der Waals surface area (Å²) in [7, 11) is 0. The van der Waals surface area contributed by atoms with Crippen LogP contribution in [0.4, 0.5) is 0 Å². The molecule has 1 atom stereocenters. The topological polar surface area (TPSA) is 41.1 Å². The van der Waals surface area contributed by atoms with Crippen molar-refractivity contribution in [2.24, 2.45) is 0 Å². The molecule has 1 aliphatic rings. The highest BCUT2D eigenvalue weighted by Gasteiger charge is 2.26. The van der Waals surface area contributed by atoms with Crippen LogP contribution in [0.3, 0.4) is 0 Å². The number of fused-ring (bicyclic) bond motifs is 1. The van der Waals surface area contributed by atoms with Crippen molar-refractivity contribution in [2.75, 3.05) is 6.54 Å². The van der Waals surface area contributed by atoms with Crippen LogP contribution in [0.15, 0.2) is 24.3 Å². The molecule has 15 heavy (non-hydrogen) atoms. The number of amides is 1. The third-order valence-electron chi connectivity index (χ3n) is 2.67. The van der Waals surface area contributed by atoms with Crippen LogP contribution in [-0.4, -0.2) is 12.5 Å². The van der Waals surface area contributed by atoms with Crippen LogP contribution < -0.4 is 10.6 Å². The Labute approximate surface area is 89.9 Å². The van der Waals surface area contributed by atoms with Gasteiger partial charge in [0.15, 0.2) is 0 Å². The zero-order chi connectivity index (χ0) is 10.7. The molecule has 1 aliphatic heterocycles. The maximum Gasteiger partial charge on any atom is 0.253 e. The maximum absolute atomic E-state index is 11.6. The Hall–Kier alpha value is -1.35. The van der Waals surface area contributed by atoms with Gasteiger partial charge in [-0.15, -0.1) is 0 Å². The van der Waals surface area contributed by atoms with Gasteiger partial charge >= 0.3 is 0 Å². The summed E-state index contributed by atoms with van der Waals surface area (Å²) in [4.78, 5) is 11.6. The Bertz CT molecular complexity index is 362. The fourth-order valence-electron chi connectivity index (χ4n) is 1.83. The molecule has 1 unspecified atom stereocenters. The Morgan fingerprint density at radius 1 is 1.40 bits per heavy atom. The quantitative estimate of drug-likeness (QED) is 0.734. The first-order valence-electron chi connectivity index (χ1n) is 5.46. The highest BCUT2D eigenvalue weighted by molar-refractivity contribution is 5.98. The van der Waals surface area contributed by atoms with Crippen LogP contribution in [0.1, 0.15) is 41.9 Å². The van der Waals surface area contributed by atoms with E-state index in [2.05, 4.69) is 17.6 Å². The summed E-state index contributed by atoms with van der Waals surface area (Å²) in [6.45, 7) is 3.10. The first-order chi connectivity index (χ1) is 7.33. The lowest BCUT2D eigenvalue weighted by Gasteiger charge is -2.13. The Morgan fingerprint density at radius 2 is 2.20 bits per heavy atom. The van der Waals surface area contributed by atoms with E-state index < -0.39 is 0 Å². The van der Waals surface area contributed by atoms with Crippen molar-refractivity contribution in [1.82, 2.24) is 10.6 Å². The molecule has 0 radical (unpaired) electrons. The molecule has 2 N–H and O–H groups in total. The van der Waals surface area contributed by atoms with Crippen molar-refractivity contribution in [1.29, 1.82) is 0 Å².